The molecule has 0 aliphatic carbocycles. The topological polar surface area (TPSA) is 21.6 Å². The van der Waals surface area contributed by atoms with Gasteiger partial charge in [0.2, 0.25) is 0 Å². The second kappa shape index (κ2) is 3.71. The fourth-order valence-electron chi connectivity index (χ4n) is 1.21. The van der Waals surface area contributed by atoms with E-state index in [4.69, 9.17) is 4.74 Å². The molecule has 1 unspecified atom stereocenters. The summed E-state index contributed by atoms with van der Waals surface area (Å²) in [5.41, 5.74) is 1.14. The van der Waals surface area contributed by atoms with Crippen LogP contribution in [0.4, 0.5) is 0 Å². The number of hydrogen-bond acceptors (Lipinski definition) is 2. The molecule has 0 amide bonds. The molecule has 0 aromatic carbocycles. The minimum atomic E-state index is 0.318. The van der Waals surface area contributed by atoms with E-state index in [0.29, 0.717) is 6.10 Å². The Morgan fingerprint density at radius 1 is 1.50 bits per heavy atom. The average molecular weight is 141 g/mol. The molecule has 0 spiro atoms. The van der Waals surface area contributed by atoms with Gasteiger partial charge in [0.15, 0.2) is 0 Å². The summed E-state index contributed by atoms with van der Waals surface area (Å²) in [5.74, 6) is 0. The third kappa shape index (κ3) is 1.81. The van der Waals surface area contributed by atoms with E-state index in [1.165, 1.54) is 12.8 Å². The maximum absolute atomic E-state index is 5.50. The molecule has 1 heterocycles. The van der Waals surface area contributed by atoms with E-state index in [1.54, 1.807) is 0 Å². The van der Waals surface area contributed by atoms with E-state index < -0.39 is 0 Å². The van der Waals surface area contributed by atoms with Crippen molar-refractivity contribution in [3.8, 4) is 0 Å². The Bertz CT molecular complexity index is 125. The smallest absolute Gasteiger partial charge is 0.0948 e. The van der Waals surface area contributed by atoms with Gasteiger partial charge >= 0.3 is 0 Å². The van der Waals surface area contributed by atoms with Gasteiger partial charge in [-0.05, 0) is 26.2 Å². The van der Waals surface area contributed by atoms with Crippen molar-refractivity contribution in [2.45, 2.75) is 32.3 Å². The lowest BCUT2D eigenvalue weighted by molar-refractivity contribution is 0.0582. The van der Waals surface area contributed by atoms with Crippen LogP contribution in [-0.4, -0.2) is 25.5 Å². The summed E-state index contributed by atoms with van der Waals surface area (Å²) >= 11 is 0. The van der Waals surface area contributed by atoms with Gasteiger partial charge in [0.25, 0.3) is 0 Å². The van der Waals surface area contributed by atoms with E-state index in [2.05, 4.69) is 4.99 Å². The number of hydrogen-bond donors (Lipinski definition) is 0. The van der Waals surface area contributed by atoms with E-state index in [1.807, 2.05) is 14.0 Å². The first-order valence-electron chi connectivity index (χ1n) is 3.89. The van der Waals surface area contributed by atoms with Crippen molar-refractivity contribution in [3.63, 3.8) is 0 Å². The van der Waals surface area contributed by atoms with Crippen LogP contribution in [0.1, 0.15) is 26.2 Å². The zero-order valence-corrected chi connectivity index (χ0v) is 6.76. The van der Waals surface area contributed by atoms with Crippen LogP contribution in [0.15, 0.2) is 4.99 Å². The maximum atomic E-state index is 5.50. The summed E-state index contributed by atoms with van der Waals surface area (Å²) < 4.78 is 5.50. The molecule has 0 saturated carbocycles. The zero-order valence-electron chi connectivity index (χ0n) is 6.76. The van der Waals surface area contributed by atoms with Crippen LogP contribution in [0.3, 0.4) is 0 Å². The van der Waals surface area contributed by atoms with Gasteiger partial charge in [0.05, 0.1) is 6.10 Å². The van der Waals surface area contributed by atoms with Gasteiger partial charge in [-0.1, -0.05) is 0 Å². The lowest BCUT2D eigenvalue weighted by Crippen LogP contribution is -2.26. The van der Waals surface area contributed by atoms with Gasteiger partial charge < -0.3 is 4.74 Å². The zero-order chi connectivity index (χ0) is 7.40. The molecule has 1 fully saturated rings. The Kier molecular flexibility index (Phi) is 2.87. The molecule has 10 heavy (non-hydrogen) atoms. The number of ether oxygens (including phenoxy) is 1. The van der Waals surface area contributed by atoms with Crippen LogP contribution in [0.25, 0.3) is 0 Å². The average Bonchev–Trinajstić information content (AvgIpc) is 2.05. The molecule has 1 aliphatic heterocycles. The monoisotopic (exact) mass is 141 g/mol. The predicted molar refractivity (Wildman–Crippen MR) is 42.6 cm³/mol. The molecule has 1 aliphatic rings. The molecule has 0 N–H and O–H groups in total. The van der Waals surface area contributed by atoms with Crippen molar-refractivity contribution in [2.24, 2.45) is 4.99 Å². The van der Waals surface area contributed by atoms with E-state index in [-0.39, 0.29) is 0 Å². The summed E-state index contributed by atoms with van der Waals surface area (Å²) in [7, 11) is 1.83. The lowest BCUT2D eigenvalue weighted by atomic mass is 10.1. The number of nitrogens with zero attached hydrogens (tertiary/aromatic N) is 1. The molecule has 58 valence electrons. The van der Waals surface area contributed by atoms with Gasteiger partial charge in [-0.15, -0.1) is 0 Å². The van der Waals surface area contributed by atoms with Crippen LogP contribution >= 0.6 is 0 Å². The van der Waals surface area contributed by atoms with Crippen molar-refractivity contribution >= 4 is 5.71 Å². The summed E-state index contributed by atoms with van der Waals surface area (Å²) in [6, 6.07) is 0. The molecule has 1 saturated heterocycles. The summed E-state index contributed by atoms with van der Waals surface area (Å²) in [4.78, 5) is 4.10. The largest absolute Gasteiger partial charge is 0.372 e. The van der Waals surface area contributed by atoms with Crippen LogP contribution in [-0.2, 0) is 4.74 Å². The van der Waals surface area contributed by atoms with Gasteiger partial charge in [-0.3, -0.25) is 4.99 Å². The van der Waals surface area contributed by atoms with Crippen molar-refractivity contribution in [3.05, 3.63) is 0 Å². The Morgan fingerprint density at radius 2 is 2.30 bits per heavy atom. The van der Waals surface area contributed by atoms with E-state index >= 15 is 0 Å². The molecule has 0 aromatic rings. The number of aliphatic imine (C=N–C) groups is 1. The van der Waals surface area contributed by atoms with Crippen molar-refractivity contribution in [1.82, 2.24) is 0 Å². The molecular formula is C8H15NO. The Labute approximate surface area is 62.3 Å². The normalized spacial score (nSPS) is 28.6. The van der Waals surface area contributed by atoms with Crippen LogP contribution < -0.4 is 0 Å². The van der Waals surface area contributed by atoms with Crippen molar-refractivity contribution < 1.29 is 4.74 Å². The van der Waals surface area contributed by atoms with E-state index in [0.717, 1.165) is 18.7 Å². The van der Waals surface area contributed by atoms with Gasteiger partial charge in [0.1, 0.15) is 0 Å². The second-order valence-corrected chi connectivity index (χ2v) is 2.72. The highest BCUT2D eigenvalue weighted by Gasteiger charge is 2.15. The Balaban J connectivity index is 2.39. The first kappa shape index (κ1) is 7.73. The molecule has 1 rings (SSSR count). The van der Waals surface area contributed by atoms with E-state index in [9.17, 15) is 0 Å². The first-order chi connectivity index (χ1) is 4.84. The van der Waals surface area contributed by atoms with Gasteiger partial charge in [-0.25, -0.2) is 0 Å². The molecule has 0 radical (unpaired) electrons. The SMILES string of the molecule is CN=C(C)C1CCCCO1. The standard InChI is InChI=1S/C8H15NO/c1-7(9-2)8-5-3-4-6-10-8/h8H,3-6H2,1-2H3. The van der Waals surface area contributed by atoms with Crippen LogP contribution in [0, 0.1) is 0 Å². The lowest BCUT2D eigenvalue weighted by Gasteiger charge is -2.21. The molecule has 2 heteroatoms. The quantitative estimate of drug-likeness (QED) is 0.509. The molecule has 1 atom stereocenters. The Morgan fingerprint density at radius 3 is 2.80 bits per heavy atom. The fourth-order valence-corrected chi connectivity index (χ4v) is 1.21. The summed E-state index contributed by atoms with van der Waals surface area (Å²) in [6.45, 7) is 2.95. The minimum absolute atomic E-state index is 0.318. The highest BCUT2D eigenvalue weighted by Crippen LogP contribution is 2.13. The highest BCUT2D eigenvalue weighted by molar-refractivity contribution is 5.86. The Hall–Kier alpha value is -0.370. The molecule has 0 bridgehead atoms. The van der Waals surface area contributed by atoms with Crippen LogP contribution in [0.5, 0.6) is 0 Å². The molecule has 2 nitrogen and oxygen atoms in total. The second-order valence-electron chi connectivity index (χ2n) is 2.72. The minimum Gasteiger partial charge on any atom is -0.372 e. The van der Waals surface area contributed by atoms with Gasteiger partial charge in [-0.2, -0.15) is 0 Å². The van der Waals surface area contributed by atoms with Crippen LogP contribution in [0.2, 0.25) is 0 Å². The highest BCUT2D eigenvalue weighted by atomic mass is 16.5. The third-order valence-corrected chi connectivity index (χ3v) is 2.00. The molecular weight excluding hydrogens is 126 g/mol. The summed E-state index contributed by atoms with van der Waals surface area (Å²) in [6.07, 6.45) is 3.98. The third-order valence-electron chi connectivity index (χ3n) is 2.00. The molecule has 0 aromatic heterocycles. The fraction of sp³-hybridized carbons (Fsp3) is 0.875. The predicted octanol–water partition coefficient (Wildman–Crippen LogP) is 1.65. The van der Waals surface area contributed by atoms with Crippen molar-refractivity contribution in [1.29, 1.82) is 0 Å². The summed E-state index contributed by atoms with van der Waals surface area (Å²) in [5, 5.41) is 0. The van der Waals surface area contributed by atoms with Crippen molar-refractivity contribution in [2.75, 3.05) is 13.7 Å². The maximum Gasteiger partial charge on any atom is 0.0948 e. The van der Waals surface area contributed by atoms with Gasteiger partial charge in [0, 0.05) is 19.4 Å². The first-order valence-corrected chi connectivity index (χ1v) is 3.89. The number of rotatable bonds is 1.